The Morgan fingerprint density at radius 3 is 2.50 bits per heavy atom. The Hall–Kier alpha value is -1.01. The van der Waals surface area contributed by atoms with Gasteiger partial charge in [0.15, 0.2) is 0 Å². The highest BCUT2D eigenvalue weighted by atomic mass is 16.2. The summed E-state index contributed by atoms with van der Waals surface area (Å²) >= 11 is 0. The number of hydrogen-bond donors (Lipinski definition) is 1. The second-order valence-corrected chi connectivity index (χ2v) is 4.55. The molecule has 3 nitrogen and oxygen atoms in total. The van der Waals surface area contributed by atoms with Crippen molar-refractivity contribution in [2.24, 2.45) is 17.6 Å². The molecule has 1 unspecified atom stereocenters. The van der Waals surface area contributed by atoms with E-state index >= 15 is 0 Å². The highest BCUT2D eigenvalue weighted by Crippen LogP contribution is 2.15. The van der Waals surface area contributed by atoms with Crippen molar-refractivity contribution in [1.29, 1.82) is 0 Å². The smallest absolute Gasteiger partial charge is 0.223 e. The predicted molar refractivity (Wildman–Crippen MR) is 67.7 cm³/mol. The van der Waals surface area contributed by atoms with Crippen molar-refractivity contribution in [3.05, 3.63) is 0 Å². The number of rotatable bonds is 7. The molecule has 0 aliphatic heterocycles. The highest BCUT2D eigenvalue weighted by molar-refractivity contribution is 5.76. The molecule has 0 aliphatic rings. The van der Waals surface area contributed by atoms with Crippen molar-refractivity contribution < 1.29 is 4.79 Å². The van der Waals surface area contributed by atoms with Crippen LogP contribution in [0.5, 0.6) is 0 Å². The van der Waals surface area contributed by atoms with Crippen molar-refractivity contribution in [3.8, 4) is 12.3 Å². The van der Waals surface area contributed by atoms with Gasteiger partial charge in [-0.1, -0.05) is 19.8 Å². The largest absolute Gasteiger partial charge is 0.332 e. The average Bonchev–Trinajstić information content (AvgIpc) is 2.23. The van der Waals surface area contributed by atoms with Gasteiger partial charge in [0.05, 0.1) is 6.54 Å². The van der Waals surface area contributed by atoms with E-state index in [1.165, 1.54) is 0 Å². The molecule has 0 spiro atoms. The number of carbonyl (C=O) groups is 1. The van der Waals surface area contributed by atoms with Crippen molar-refractivity contribution in [1.82, 2.24) is 4.90 Å². The minimum atomic E-state index is 0.122. The first kappa shape index (κ1) is 15.0. The number of carbonyl (C=O) groups excluding carboxylic acids is 1. The third-order valence-corrected chi connectivity index (χ3v) is 2.62. The van der Waals surface area contributed by atoms with Gasteiger partial charge < -0.3 is 10.6 Å². The lowest BCUT2D eigenvalue weighted by Crippen LogP contribution is -2.34. The number of nitrogens with two attached hydrogens (primary N) is 1. The summed E-state index contributed by atoms with van der Waals surface area (Å²) in [6.45, 7) is 7.86. The van der Waals surface area contributed by atoms with Gasteiger partial charge in [0.25, 0.3) is 0 Å². The molecule has 0 aromatic rings. The van der Waals surface area contributed by atoms with Crippen LogP contribution in [0.1, 0.15) is 33.6 Å². The fraction of sp³-hybridized carbons (Fsp3) is 0.769. The molecule has 2 N–H and O–H groups in total. The fourth-order valence-electron chi connectivity index (χ4n) is 1.79. The minimum absolute atomic E-state index is 0.122. The van der Waals surface area contributed by atoms with Crippen LogP contribution < -0.4 is 5.73 Å². The maximum Gasteiger partial charge on any atom is 0.223 e. The molecule has 0 saturated carbocycles. The molecule has 0 saturated heterocycles. The fourth-order valence-corrected chi connectivity index (χ4v) is 1.79. The van der Waals surface area contributed by atoms with Gasteiger partial charge in [-0.15, -0.1) is 6.42 Å². The summed E-state index contributed by atoms with van der Waals surface area (Å²) < 4.78 is 0. The Balaban J connectivity index is 4.22. The monoisotopic (exact) mass is 224 g/mol. The zero-order valence-electron chi connectivity index (χ0n) is 10.7. The van der Waals surface area contributed by atoms with Crippen LogP contribution >= 0.6 is 0 Å². The number of amides is 1. The van der Waals surface area contributed by atoms with Crippen LogP contribution in [0, 0.1) is 24.2 Å². The van der Waals surface area contributed by atoms with Gasteiger partial charge in [-0.2, -0.15) is 0 Å². The molecule has 0 heterocycles. The van der Waals surface area contributed by atoms with Crippen LogP contribution in [0.15, 0.2) is 0 Å². The molecule has 0 aliphatic carbocycles. The summed E-state index contributed by atoms with van der Waals surface area (Å²) in [6, 6.07) is 0. The molecule has 1 atom stereocenters. The molecular formula is C13H24N2O. The Kier molecular flexibility index (Phi) is 7.66. The van der Waals surface area contributed by atoms with Gasteiger partial charge in [0, 0.05) is 13.0 Å². The van der Waals surface area contributed by atoms with E-state index in [0.29, 0.717) is 32.0 Å². The van der Waals surface area contributed by atoms with Crippen LogP contribution in [0.2, 0.25) is 0 Å². The lowest BCUT2D eigenvalue weighted by molar-refractivity contribution is -0.131. The Bertz CT molecular complexity index is 243. The molecule has 0 aromatic carbocycles. The topological polar surface area (TPSA) is 46.3 Å². The van der Waals surface area contributed by atoms with E-state index in [-0.39, 0.29) is 11.8 Å². The van der Waals surface area contributed by atoms with Crippen LogP contribution in [-0.2, 0) is 4.79 Å². The highest BCUT2D eigenvalue weighted by Gasteiger charge is 2.17. The Morgan fingerprint density at radius 2 is 2.12 bits per heavy atom. The van der Waals surface area contributed by atoms with Gasteiger partial charge in [0.2, 0.25) is 5.91 Å². The zero-order chi connectivity index (χ0) is 12.6. The van der Waals surface area contributed by atoms with Gasteiger partial charge >= 0.3 is 0 Å². The van der Waals surface area contributed by atoms with Gasteiger partial charge in [-0.3, -0.25) is 4.79 Å². The quantitative estimate of drug-likeness (QED) is 0.666. The second-order valence-electron chi connectivity index (χ2n) is 4.55. The van der Waals surface area contributed by atoms with Crippen molar-refractivity contribution in [2.45, 2.75) is 33.6 Å². The minimum Gasteiger partial charge on any atom is -0.332 e. The summed E-state index contributed by atoms with van der Waals surface area (Å²) in [5.74, 6) is 3.48. The maximum atomic E-state index is 11.9. The molecular weight excluding hydrogens is 200 g/mol. The summed E-state index contributed by atoms with van der Waals surface area (Å²) in [7, 11) is 0. The van der Waals surface area contributed by atoms with E-state index in [2.05, 4.69) is 19.8 Å². The van der Waals surface area contributed by atoms with Crippen molar-refractivity contribution in [3.63, 3.8) is 0 Å². The van der Waals surface area contributed by atoms with Crippen LogP contribution in [0.25, 0.3) is 0 Å². The van der Waals surface area contributed by atoms with Gasteiger partial charge in [-0.05, 0) is 31.7 Å². The predicted octanol–water partition coefficient (Wildman–Crippen LogP) is 1.48. The van der Waals surface area contributed by atoms with E-state index in [0.717, 1.165) is 6.42 Å². The van der Waals surface area contributed by atoms with Crippen molar-refractivity contribution >= 4 is 5.91 Å². The third-order valence-electron chi connectivity index (χ3n) is 2.62. The first-order chi connectivity index (χ1) is 7.54. The van der Waals surface area contributed by atoms with E-state index < -0.39 is 0 Å². The van der Waals surface area contributed by atoms with E-state index in [1.54, 1.807) is 4.90 Å². The lowest BCUT2D eigenvalue weighted by Gasteiger charge is -2.22. The Labute approximate surface area is 99.4 Å². The number of terminal acetylenes is 1. The molecule has 0 rings (SSSR count). The first-order valence-corrected chi connectivity index (χ1v) is 5.96. The summed E-state index contributed by atoms with van der Waals surface area (Å²) in [5, 5.41) is 0. The van der Waals surface area contributed by atoms with Crippen LogP contribution in [0.3, 0.4) is 0 Å². The lowest BCUT2D eigenvalue weighted by atomic mass is 9.94. The molecule has 0 radical (unpaired) electrons. The Morgan fingerprint density at radius 1 is 1.50 bits per heavy atom. The molecule has 0 bridgehead atoms. The maximum absolute atomic E-state index is 11.9. The average molecular weight is 224 g/mol. The molecule has 16 heavy (non-hydrogen) atoms. The molecule has 0 aromatic heterocycles. The normalized spacial score (nSPS) is 12.2. The SMILES string of the molecule is C#CCN(CC)C(=O)CC(CN)CC(C)C. The molecule has 92 valence electrons. The van der Waals surface area contributed by atoms with Crippen LogP contribution in [-0.4, -0.2) is 30.4 Å². The molecule has 3 heteroatoms. The molecule has 0 fully saturated rings. The standard InChI is InChI=1S/C13H24N2O/c1-5-7-15(6-2)13(16)9-12(10-14)8-11(3)4/h1,11-12H,6-10,14H2,2-4H3. The first-order valence-electron chi connectivity index (χ1n) is 5.96. The van der Waals surface area contributed by atoms with Gasteiger partial charge in [-0.25, -0.2) is 0 Å². The summed E-state index contributed by atoms with van der Waals surface area (Å²) in [5.41, 5.74) is 5.67. The summed E-state index contributed by atoms with van der Waals surface area (Å²) in [4.78, 5) is 13.6. The molecule has 1 amide bonds. The van der Waals surface area contributed by atoms with Crippen LogP contribution in [0.4, 0.5) is 0 Å². The third kappa shape index (κ3) is 5.77. The summed E-state index contributed by atoms with van der Waals surface area (Å²) in [6.07, 6.45) is 6.73. The van der Waals surface area contributed by atoms with Gasteiger partial charge in [0.1, 0.15) is 0 Å². The van der Waals surface area contributed by atoms with E-state index in [9.17, 15) is 4.79 Å². The van der Waals surface area contributed by atoms with E-state index in [4.69, 9.17) is 12.2 Å². The van der Waals surface area contributed by atoms with E-state index in [1.807, 2.05) is 6.92 Å². The number of hydrogen-bond acceptors (Lipinski definition) is 2. The van der Waals surface area contributed by atoms with Crippen molar-refractivity contribution in [2.75, 3.05) is 19.6 Å². The zero-order valence-corrected chi connectivity index (χ0v) is 10.7. The number of nitrogens with zero attached hydrogens (tertiary/aromatic N) is 1. The second kappa shape index (κ2) is 8.18.